The average Bonchev–Trinajstić information content (AvgIpc) is 2.82. The summed E-state index contributed by atoms with van der Waals surface area (Å²) in [7, 11) is 0. The van der Waals surface area contributed by atoms with E-state index < -0.39 is 5.60 Å². The maximum atomic E-state index is 12.3. The van der Waals surface area contributed by atoms with Crippen molar-refractivity contribution in [2.24, 2.45) is 0 Å². The molecule has 1 unspecified atom stereocenters. The number of carbonyl (C=O) groups excluding carboxylic acids is 1. The van der Waals surface area contributed by atoms with E-state index >= 15 is 0 Å². The Morgan fingerprint density at radius 3 is 2.87 bits per heavy atom. The van der Waals surface area contributed by atoms with Crippen molar-refractivity contribution >= 4 is 11.7 Å². The largest absolute Gasteiger partial charge is 0.493 e. The summed E-state index contributed by atoms with van der Waals surface area (Å²) in [5.74, 6) is 0.0506. The molecule has 0 radical (unpaired) electrons. The van der Waals surface area contributed by atoms with Gasteiger partial charge in [0.05, 0.1) is 11.9 Å². The molecule has 1 atom stereocenters. The Bertz CT molecular complexity index is 748. The van der Waals surface area contributed by atoms with Crippen LogP contribution in [0.5, 0.6) is 5.88 Å². The molecule has 2 aromatic rings. The van der Waals surface area contributed by atoms with Crippen molar-refractivity contribution in [1.29, 1.82) is 0 Å². The standard InChI is InChI=1S/C16H22N4O3/c1-10-9-19(15(22)23-16(2,3)4)8-6-11-13(10)14(21)20-12(18-11)5-7-17-20/h5,7,10,21H,6,8-9H2,1-4H3. The maximum Gasteiger partial charge on any atom is 0.410 e. The van der Waals surface area contributed by atoms with Crippen molar-refractivity contribution in [3.63, 3.8) is 0 Å². The summed E-state index contributed by atoms with van der Waals surface area (Å²) in [6, 6.07) is 1.75. The van der Waals surface area contributed by atoms with Crippen molar-refractivity contribution in [3.8, 4) is 5.88 Å². The van der Waals surface area contributed by atoms with Gasteiger partial charge in [0.15, 0.2) is 5.65 Å². The predicted molar refractivity (Wildman–Crippen MR) is 84.6 cm³/mol. The molecule has 1 amide bonds. The van der Waals surface area contributed by atoms with Gasteiger partial charge < -0.3 is 14.7 Å². The van der Waals surface area contributed by atoms with Gasteiger partial charge in [0, 0.05) is 37.1 Å². The zero-order chi connectivity index (χ0) is 16.8. The number of aromatic nitrogens is 3. The Hall–Kier alpha value is -2.31. The molecule has 0 bridgehead atoms. The zero-order valence-corrected chi connectivity index (χ0v) is 13.9. The Morgan fingerprint density at radius 2 is 2.17 bits per heavy atom. The van der Waals surface area contributed by atoms with E-state index in [1.807, 2.05) is 27.7 Å². The zero-order valence-electron chi connectivity index (χ0n) is 13.9. The van der Waals surface area contributed by atoms with Crippen LogP contribution in [-0.4, -0.2) is 49.4 Å². The SMILES string of the molecule is CC1CN(C(=O)OC(C)(C)C)CCc2nc3ccnn3c(O)c21. The highest BCUT2D eigenvalue weighted by Gasteiger charge is 2.30. The van der Waals surface area contributed by atoms with Gasteiger partial charge >= 0.3 is 6.09 Å². The molecule has 7 heteroatoms. The molecule has 0 saturated carbocycles. The summed E-state index contributed by atoms with van der Waals surface area (Å²) >= 11 is 0. The smallest absolute Gasteiger partial charge is 0.410 e. The van der Waals surface area contributed by atoms with Crippen LogP contribution < -0.4 is 0 Å². The maximum absolute atomic E-state index is 12.3. The number of fused-ring (bicyclic) bond motifs is 2. The minimum atomic E-state index is -0.527. The minimum absolute atomic E-state index is 0.0545. The number of rotatable bonds is 0. The van der Waals surface area contributed by atoms with Crippen LogP contribution in [0.4, 0.5) is 4.79 Å². The fourth-order valence-corrected chi connectivity index (χ4v) is 2.93. The molecule has 0 fully saturated rings. The van der Waals surface area contributed by atoms with Crippen molar-refractivity contribution < 1.29 is 14.6 Å². The molecule has 2 aromatic heterocycles. The van der Waals surface area contributed by atoms with Gasteiger partial charge in [-0.2, -0.15) is 9.61 Å². The summed E-state index contributed by atoms with van der Waals surface area (Å²) in [4.78, 5) is 18.6. The Balaban J connectivity index is 1.91. The number of amides is 1. The monoisotopic (exact) mass is 318 g/mol. The van der Waals surface area contributed by atoms with Crippen LogP contribution in [0.25, 0.3) is 5.65 Å². The molecule has 1 aliphatic rings. The molecule has 3 rings (SSSR count). The van der Waals surface area contributed by atoms with Crippen LogP contribution in [0.1, 0.15) is 44.9 Å². The Morgan fingerprint density at radius 1 is 1.43 bits per heavy atom. The fraction of sp³-hybridized carbons (Fsp3) is 0.562. The molecule has 7 nitrogen and oxygen atoms in total. The van der Waals surface area contributed by atoms with Crippen LogP contribution in [0.15, 0.2) is 12.3 Å². The van der Waals surface area contributed by atoms with Gasteiger partial charge in [0.2, 0.25) is 5.88 Å². The van der Waals surface area contributed by atoms with Gasteiger partial charge in [-0.3, -0.25) is 0 Å². The van der Waals surface area contributed by atoms with E-state index in [0.717, 1.165) is 11.3 Å². The lowest BCUT2D eigenvalue weighted by molar-refractivity contribution is 0.0248. The summed E-state index contributed by atoms with van der Waals surface area (Å²) < 4.78 is 6.89. The van der Waals surface area contributed by atoms with E-state index in [2.05, 4.69) is 10.1 Å². The highest BCUT2D eigenvalue weighted by molar-refractivity contribution is 5.68. The van der Waals surface area contributed by atoms with Gasteiger partial charge in [-0.25, -0.2) is 9.78 Å². The second kappa shape index (κ2) is 5.40. The van der Waals surface area contributed by atoms with E-state index in [1.54, 1.807) is 17.2 Å². The number of hydrogen-bond donors (Lipinski definition) is 1. The van der Waals surface area contributed by atoms with E-state index in [-0.39, 0.29) is 17.9 Å². The summed E-state index contributed by atoms with van der Waals surface area (Å²) in [5, 5.41) is 14.6. The van der Waals surface area contributed by atoms with E-state index in [9.17, 15) is 9.90 Å². The van der Waals surface area contributed by atoms with E-state index in [4.69, 9.17) is 4.74 Å². The Labute approximate surface area is 134 Å². The fourth-order valence-electron chi connectivity index (χ4n) is 2.93. The molecule has 0 saturated heterocycles. The highest BCUT2D eigenvalue weighted by Crippen LogP contribution is 2.32. The van der Waals surface area contributed by atoms with Crippen molar-refractivity contribution in [3.05, 3.63) is 23.5 Å². The highest BCUT2D eigenvalue weighted by atomic mass is 16.6. The minimum Gasteiger partial charge on any atom is -0.493 e. The molecule has 1 N–H and O–H groups in total. The molecule has 0 aliphatic carbocycles. The Kier molecular flexibility index (Phi) is 3.66. The third kappa shape index (κ3) is 2.95. The van der Waals surface area contributed by atoms with Crippen LogP contribution in [0, 0.1) is 0 Å². The topological polar surface area (TPSA) is 80.0 Å². The summed E-state index contributed by atoms with van der Waals surface area (Å²) in [6.45, 7) is 8.52. The van der Waals surface area contributed by atoms with Gasteiger partial charge in [0.1, 0.15) is 5.60 Å². The molecule has 124 valence electrons. The molecule has 23 heavy (non-hydrogen) atoms. The van der Waals surface area contributed by atoms with Crippen LogP contribution >= 0.6 is 0 Å². The molecule has 1 aliphatic heterocycles. The third-order valence-electron chi connectivity index (χ3n) is 3.88. The first-order chi connectivity index (χ1) is 10.8. The first-order valence-corrected chi connectivity index (χ1v) is 7.79. The third-order valence-corrected chi connectivity index (χ3v) is 3.88. The molecule has 0 aromatic carbocycles. The quantitative estimate of drug-likeness (QED) is 0.806. The second-order valence-electron chi connectivity index (χ2n) is 6.97. The van der Waals surface area contributed by atoms with Crippen molar-refractivity contribution in [2.45, 2.75) is 45.6 Å². The van der Waals surface area contributed by atoms with Gasteiger partial charge in [-0.05, 0) is 20.8 Å². The average molecular weight is 318 g/mol. The normalized spacial score (nSPS) is 18.6. The first-order valence-electron chi connectivity index (χ1n) is 7.79. The molecule has 3 heterocycles. The number of aromatic hydroxyl groups is 1. The lowest BCUT2D eigenvalue weighted by atomic mass is 10.0. The number of carbonyl (C=O) groups is 1. The number of hydrogen-bond acceptors (Lipinski definition) is 5. The van der Waals surface area contributed by atoms with Gasteiger partial charge in [0.25, 0.3) is 0 Å². The lowest BCUT2D eigenvalue weighted by Gasteiger charge is -2.27. The van der Waals surface area contributed by atoms with Crippen molar-refractivity contribution in [1.82, 2.24) is 19.5 Å². The molecule has 0 spiro atoms. The molecular formula is C16H22N4O3. The summed E-state index contributed by atoms with van der Waals surface area (Å²) in [6.07, 6.45) is 1.86. The van der Waals surface area contributed by atoms with Gasteiger partial charge in [-0.15, -0.1) is 0 Å². The van der Waals surface area contributed by atoms with E-state index in [1.165, 1.54) is 4.52 Å². The number of ether oxygens (including phenoxy) is 1. The summed E-state index contributed by atoms with van der Waals surface area (Å²) in [5.41, 5.74) is 1.65. The number of nitrogens with zero attached hydrogens (tertiary/aromatic N) is 4. The van der Waals surface area contributed by atoms with E-state index in [0.29, 0.717) is 25.2 Å². The van der Waals surface area contributed by atoms with Crippen LogP contribution in [0.3, 0.4) is 0 Å². The lowest BCUT2D eigenvalue weighted by Crippen LogP contribution is -2.38. The first kappa shape index (κ1) is 15.6. The second-order valence-corrected chi connectivity index (χ2v) is 6.97. The van der Waals surface area contributed by atoms with Crippen molar-refractivity contribution in [2.75, 3.05) is 13.1 Å². The van der Waals surface area contributed by atoms with Crippen LogP contribution in [0.2, 0.25) is 0 Å². The van der Waals surface area contributed by atoms with Gasteiger partial charge in [-0.1, -0.05) is 6.92 Å². The molecular weight excluding hydrogens is 296 g/mol. The van der Waals surface area contributed by atoms with Crippen LogP contribution in [-0.2, 0) is 11.2 Å². The predicted octanol–water partition coefficient (Wildman–Crippen LogP) is 2.33.